The molecule has 0 spiro atoms. The fraction of sp³-hybridized carbons (Fsp3) is 0.200. The standard InChI is InChI=1S/C20H19N2O4/c1-3-26-20(24)17-12-18(14-6-4-5-7-14)22(21-17)13-19(23)15-8-10-16(25-2)11-9-15/h4-12H,3,13H2,1-2H3. The predicted molar refractivity (Wildman–Crippen MR) is 95.1 cm³/mol. The lowest BCUT2D eigenvalue weighted by atomic mass is 10.0. The molecule has 3 rings (SSSR count). The number of ketones is 1. The van der Waals surface area contributed by atoms with E-state index in [9.17, 15) is 9.59 Å². The highest BCUT2D eigenvalue weighted by molar-refractivity contribution is 5.96. The Labute approximate surface area is 153 Å². The van der Waals surface area contributed by atoms with E-state index in [0.29, 0.717) is 17.0 Å². The smallest absolute Gasteiger partial charge is 0.358 e. The van der Waals surface area contributed by atoms with Crippen molar-refractivity contribution in [1.82, 2.24) is 9.78 Å². The van der Waals surface area contributed by atoms with Crippen LogP contribution in [0.4, 0.5) is 0 Å². The number of aromatic nitrogens is 2. The first-order chi connectivity index (χ1) is 12.6. The highest BCUT2D eigenvalue weighted by Crippen LogP contribution is 2.30. The van der Waals surface area contributed by atoms with Gasteiger partial charge < -0.3 is 9.47 Å². The minimum Gasteiger partial charge on any atom is -0.497 e. The maximum atomic E-state index is 12.6. The van der Waals surface area contributed by atoms with Gasteiger partial charge in [-0.2, -0.15) is 5.10 Å². The molecule has 5 radical (unpaired) electrons. The molecule has 1 aromatic heterocycles. The zero-order valence-corrected chi connectivity index (χ0v) is 14.6. The number of hydrogen-bond donors (Lipinski definition) is 0. The number of Topliss-reactive ketones (excluding diaryl/α,β-unsaturated/α-hetero) is 1. The summed E-state index contributed by atoms with van der Waals surface area (Å²) >= 11 is 0. The molecule has 1 aliphatic carbocycles. The van der Waals surface area contributed by atoms with E-state index in [1.54, 1.807) is 44.4 Å². The van der Waals surface area contributed by atoms with Gasteiger partial charge >= 0.3 is 5.97 Å². The molecule has 1 aromatic carbocycles. The van der Waals surface area contributed by atoms with Gasteiger partial charge in [0.15, 0.2) is 11.5 Å². The first-order valence-corrected chi connectivity index (χ1v) is 8.26. The van der Waals surface area contributed by atoms with E-state index in [1.165, 1.54) is 4.68 Å². The third kappa shape index (κ3) is 3.95. The van der Waals surface area contributed by atoms with E-state index in [1.807, 2.05) is 25.7 Å². The maximum absolute atomic E-state index is 12.6. The summed E-state index contributed by atoms with van der Waals surface area (Å²) in [5, 5.41) is 4.28. The van der Waals surface area contributed by atoms with E-state index in [-0.39, 0.29) is 24.6 Å². The number of carbonyl (C=O) groups is 2. The van der Waals surface area contributed by atoms with E-state index in [4.69, 9.17) is 9.47 Å². The van der Waals surface area contributed by atoms with Crippen LogP contribution in [0.1, 0.15) is 33.5 Å². The number of methoxy groups -OCH3 is 1. The molecule has 2 aromatic rings. The molecule has 26 heavy (non-hydrogen) atoms. The molecule has 6 nitrogen and oxygen atoms in total. The molecule has 1 aliphatic rings. The van der Waals surface area contributed by atoms with Gasteiger partial charge in [0.1, 0.15) is 12.3 Å². The van der Waals surface area contributed by atoms with Crippen LogP contribution in [0.25, 0.3) is 0 Å². The van der Waals surface area contributed by atoms with Crippen LogP contribution in [0, 0.1) is 31.6 Å². The minimum absolute atomic E-state index is 0.0201. The van der Waals surface area contributed by atoms with Gasteiger partial charge in [0.25, 0.3) is 0 Å². The average Bonchev–Trinajstić information content (AvgIpc) is 3.31. The third-order valence-electron chi connectivity index (χ3n) is 3.93. The van der Waals surface area contributed by atoms with Crippen LogP contribution in [0.2, 0.25) is 0 Å². The minimum atomic E-state index is -0.504. The fourth-order valence-electron chi connectivity index (χ4n) is 2.62. The first kappa shape index (κ1) is 18.2. The summed E-state index contributed by atoms with van der Waals surface area (Å²) in [6, 6.07) is 8.53. The molecule has 1 heterocycles. The SMILES string of the molecule is CCOC(=O)c1cc([C]2[CH][CH][CH][CH]2)n(CC(=O)c2ccc(OC)cc2)n1. The summed E-state index contributed by atoms with van der Waals surface area (Å²) in [5.74, 6) is 0.952. The quantitative estimate of drug-likeness (QED) is 0.567. The number of rotatable bonds is 7. The molecule has 0 N–H and O–H groups in total. The maximum Gasteiger partial charge on any atom is 0.358 e. The van der Waals surface area contributed by atoms with Crippen LogP contribution in [0.3, 0.4) is 0 Å². The van der Waals surface area contributed by atoms with Crippen molar-refractivity contribution in [2.24, 2.45) is 0 Å². The summed E-state index contributed by atoms with van der Waals surface area (Å²) in [5.41, 5.74) is 1.43. The Morgan fingerprint density at radius 3 is 2.42 bits per heavy atom. The second-order valence-electron chi connectivity index (χ2n) is 5.62. The summed E-state index contributed by atoms with van der Waals surface area (Å²) in [6.45, 7) is 2.02. The Hall–Kier alpha value is -2.63. The van der Waals surface area contributed by atoms with Crippen LogP contribution in [0.15, 0.2) is 30.3 Å². The molecular weight excluding hydrogens is 332 g/mol. The second kappa shape index (κ2) is 8.17. The summed E-state index contributed by atoms with van der Waals surface area (Å²) < 4.78 is 11.7. The number of benzene rings is 1. The lowest BCUT2D eigenvalue weighted by Gasteiger charge is -2.11. The number of esters is 1. The number of carbonyl (C=O) groups excluding carboxylic acids is 2. The van der Waals surface area contributed by atoms with Gasteiger partial charge in [0, 0.05) is 17.2 Å². The fourth-order valence-corrected chi connectivity index (χ4v) is 2.62. The lowest BCUT2D eigenvalue weighted by Crippen LogP contribution is -2.16. The van der Waals surface area contributed by atoms with Crippen LogP contribution < -0.4 is 4.74 Å². The molecule has 0 unspecified atom stereocenters. The molecular formula is C20H19N2O4. The normalized spacial score (nSPS) is 14.4. The van der Waals surface area contributed by atoms with Crippen molar-refractivity contribution in [3.05, 3.63) is 78.9 Å². The lowest BCUT2D eigenvalue weighted by molar-refractivity contribution is 0.0517. The second-order valence-corrected chi connectivity index (χ2v) is 5.62. The van der Waals surface area contributed by atoms with Gasteiger partial charge in [-0.3, -0.25) is 9.48 Å². The van der Waals surface area contributed by atoms with E-state index >= 15 is 0 Å². The molecule has 0 bridgehead atoms. The Morgan fingerprint density at radius 1 is 1.12 bits per heavy atom. The summed E-state index contributed by atoms with van der Waals surface area (Å²) in [7, 11) is 1.57. The number of nitrogens with zero attached hydrogens (tertiary/aromatic N) is 2. The Kier molecular flexibility index (Phi) is 5.71. The van der Waals surface area contributed by atoms with E-state index in [2.05, 4.69) is 5.10 Å². The molecule has 0 aliphatic heterocycles. The molecule has 1 saturated carbocycles. The van der Waals surface area contributed by atoms with E-state index in [0.717, 1.165) is 5.92 Å². The van der Waals surface area contributed by atoms with Crippen LogP contribution >= 0.6 is 0 Å². The molecule has 1 fully saturated rings. The van der Waals surface area contributed by atoms with Gasteiger partial charge in [-0.1, -0.05) is 0 Å². The highest BCUT2D eigenvalue weighted by Gasteiger charge is 2.26. The van der Waals surface area contributed by atoms with E-state index < -0.39 is 5.97 Å². The van der Waals surface area contributed by atoms with Gasteiger partial charge in [0.2, 0.25) is 0 Å². The highest BCUT2D eigenvalue weighted by atomic mass is 16.5. The van der Waals surface area contributed by atoms with Gasteiger partial charge in [-0.05, 0) is 62.9 Å². The zero-order chi connectivity index (χ0) is 18.5. The molecule has 0 atom stereocenters. The Bertz CT molecular complexity index is 774. The van der Waals surface area contributed by atoms with Gasteiger partial charge in [-0.25, -0.2) is 4.79 Å². The van der Waals surface area contributed by atoms with Crippen molar-refractivity contribution >= 4 is 11.8 Å². The van der Waals surface area contributed by atoms with Crippen molar-refractivity contribution in [3.63, 3.8) is 0 Å². The summed E-state index contributed by atoms with van der Waals surface area (Å²) in [4.78, 5) is 24.6. The molecule has 0 amide bonds. The monoisotopic (exact) mass is 351 g/mol. The van der Waals surface area contributed by atoms with Gasteiger partial charge in [0.05, 0.1) is 13.7 Å². The first-order valence-electron chi connectivity index (χ1n) is 8.26. The zero-order valence-electron chi connectivity index (χ0n) is 14.6. The van der Waals surface area contributed by atoms with Crippen LogP contribution in [-0.4, -0.2) is 35.2 Å². The van der Waals surface area contributed by atoms with Crippen molar-refractivity contribution < 1.29 is 19.1 Å². The molecule has 0 saturated heterocycles. The predicted octanol–water partition coefficient (Wildman–Crippen LogP) is 2.70. The Balaban J connectivity index is 1.84. The van der Waals surface area contributed by atoms with Crippen LogP contribution in [-0.2, 0) is 11.3 Å². The largest absolute Gasteiger partial charge is 0.497 e. The number of ether oxygens (including phenoxy) is 2. The topological polar surface area (TPSA) is 70.4 Å². The van der Waals surface area contributed by atoms with Crippen LogP contribution in [0.5, 0.6) is 5.75 Å². The van der Waals surface area contributed by atoms with Crippen molar-refractivity contribution in [3.8, 4) is 5.75 Å². The number of hydrogen-bond acceptors (Lipinski definition) is 5. The van der Waals surface area contributed by atoms with Crippen molar-refractivity contribution in [2.45, 2.75) is 13.5 Å². The average molecular weight is 351 g/mol. The summed E-state index contributed by atoms with van der Waals surface area (Å²) in [6.07, 6.45) is 7.59. The third-order valence-corrected chi connectivity index (χ3v) is 3.93. The van der Waals surface area contributed by atoms with Crippen molar-refractivity contribution in [2.75, 3.05) is 13.7 Å². The van der Waals surface area contributed by atoms with Crippen molar-refractivity contribution in [1.29, 1.82) is 0 Å². The van der Waals surface area contributed by atoms with Gasteiger partial charge in [-0.15, -0.1) is 0 Å². The molecule has 6 heteroatoms. The molecule has 133 valence electrons. The Morgan fingerprint density at radius 2 is 1.81 bits per heavy atom.